The van der Waals surface area contributed by atoms with Gasteiger partial charge in [0.15, 0.2) is 0 Å². The number of methoxy groups -OCH3 is 1. The van der Waals surface area contributed by atoms with Gasteiger partial charge in [-0.05, 0) is 55.8 Å². The number of benzene rings is 2. The van der Waals surface area contributed by atoms with E-state index in [-0.39, 0.29) is 0 Å². The number of pyridine rings is 1. The Bertz CT molecular complexity index is 846. The molecule has 0 aliphatic carbocycles. The molecule has 0 bridgehead atoms. The van der Waals surface area contributed by atoms with Crippen LogP contribution < -0.4 is 10.1 Å². The second kappa shape index (κ2) is 5.85. The molecule has 1 heterocycles. The first-order chi connectivity index (χ1) is 10.6. The lowest BCUT2D eigenvalue weighted by molar-refractivity contribution is 0.415. The normalized spacial score (nSPS) is 10.7. The number of ether oxygens (including phenoxy) is 1. The Hall–Kier alpha value is -2.26. The molecule has 0 radical (unpaired) electrons. The molecule has 4 heteroatoms. The van der Waals surface area contributed by atoms with Crippen molar-refractivity contribution in [1.82, 2.24) is 4.98 Å². The van der Waals surface area contributed by atoms with Gasteiger partial charge in [-0.1, -0.05) is 11.6 Å². The van der Waals surface area contributed by atoms with E-state index in [1.165, 1.54) is 0 Å². The molecule has 0 spiro atoms. The minimum atomic E-state index is 0.739. The molecule has 1 N–H and O–H groups in total. The summed E-state index contributed by atoms with van der Waals surface area (Å²) in [5.41, 5.74) is 5.02. The zero-order valence-corrected chi connectivity index (χ0v) is 13.5. The topological polar surface area (TPSA) is 34.1 Å². The van der Waals surface area contributed by atoms with Crippen LogP contribution in [0.1, 0.15) is 11.3 Å². The number of halogens is 1. The maximum absolute atomic E-state index is 6.02. The lowest BCUT2D eigenvalue weighted by Gasteiger charge is -2.13. The summed E-state index contributed by atoms with van der Waals surface area (Å²) in [7, 11) is 1.66. The van der Waals surface area contributed by atoms with Crippen molar-refractivity contribution in [2.45, 2.75) is 13.8 Å². The van der Waals surface area contributed by atoms with Crippen LogP contribution in [0.2, 0.25) is 5.02 Å². The lowest BCUT2D eigenvalue weighted by Crippen LogP contribution is -1.97. The van der Waals surface area contributed by atoms with Gasteiger partial charge < -0.3 is 10.1 Å². The maximum Gasteiger partial charge on any atom is 0.121 e. The predicted molar refractivity (Wildman–Crippen MR) is 92.5 cm³/mol. The molecule has 112 valence electrons. The van der Waals surface area contributed by atoms with Crippen molar-refractivity contribution in [2.24, 2.45) is 0 Å². The van der Waals surface area contributed by atoms with Crippen LogP contribution in [0.4, 0.5) is 11.4 Å². The van der Waals surface area contributed by atoms with E-state index in [0.29, 0.717) is 0 Å². The summed E-state index contributed by atoms with van der Waals surface area (Å²) in [4.78, 5) is 4.58. The first-order valence-corrected chi connectivity index (χ1v) is 7.43. The molecule has 0 unspecified atom stereocenters. The van der Waals surface area contributed by atoms with Crippen molar-refractivity contribution < 1.29 is 4.74 Å². The standard InChI is InChI=1S/C18H17ClN2O/c1-11-8-13(19)4-7-16(11)21-17-9-12(2)20-18-10-14(22-3)5-6-15(17)18/h4-10H,1-3H3,(H,20,21). The van der Waals surface area contributed by atoms with Crippen molar-refractivity contribution in [3.05, 3.63) is 58.7 Å². The number of nitrogens with zero attached hydrogens (tertiary/aromatic N) is 1. The van der Waals surface area contributed by atoms with E-state index in [0.717, 1.165) is 44.3 Å². The van der Waals surface area contributed by atoms with Crippen molar-refractivity contribution in [3.8, 4) is 5.75 Å². The van der Waals surface area contributed by atoms with E-state index in [2.05, 4.69) is 10.3 Å². The summed E-state index contributed by atoms with van der Waals surface area (Å²) in [6.45, 7) is 4.02. The zero-order chi connectivity index (χ0) is 15.7. The Morgan fingerprint density at radius 1 is 1.00 bits per heavy atom. The maximum atomic E-state index is 6.02. The quantitative estimate of drug-likeness (QED) is 0.716. The number of anilines is 2. The molecular formula is C18H17ClN2O. The number of aromatic nitrogens is 1. The summed E-state index contributed by atoms with van der Waals surface area (Å²) >= 11 is 6.02. The zero-order valence-electron chi connectivity index (χ0n) is 12.8. The highest BCUT2D eigenvalue weighted by Gasteiger charge is 2.07. The molecule has 0 fully saturated rings. The molecule has 3 aromatic rings. The van der Waals surface area contributed by atoms with Crippen molar-refractivity contribution >= 4 is 33.9 Å². The number of nitrogens with one attached hydrogen (secondary N) is 1. The van der Waals surface area contributed by atoms with Crippen LogP contribution >= 0.6 is 11.6 Å². The van der Waals surface area contributed by atoms with Gasteiger partial charge in [0.1, 0.15) is 5.75 Å². The van der Waals surface area contributed by atoms with Gasteiger partial charge in [0.25, 0.3) is 0 Å². The molecule has 1 aromatic heterocycles. The minimum absolute atomic E-state index is 0.739. The van der Waals surface area contributed by atoms with Gasteiger partial charge in [-0.15, -0.1) is 0 Å². The Balaban J connectivity index is 2.09. The molecule has 0 saturated heterocycles. The molecule has 2 aromatic carbocycles. The van der Waals surface area contributed by atoms with Crippen molar-refractivity contribution in [1.29, 1.82) is 0 Å². The lowest BCUT2D eigenvalue weighted by atomic mass is 10.1. The fourth-order valence-corrected chi connectivity index (χ4v) is 2.71. The van der Waals surface area contributed by atoms with Gasteiger partial charge in [-0.25, -0.2) is 0 Å². The predicted octanol–water partition coefficient (Wildman–Crippen LogP) is 5.26. The van der Waals surface area contributed by atoms with Crippen LogP contribution in [0.15, 0.2) is 42.5 Å². The molecule has 3 nitrogen and oxygen atoms in total. The average molecular weight is 313 g/mol. The molecular weight excluding hydrogens is 296 g/mol. The van der Waals surface area contributed by atoms with Gasteiger partial charge >= 0.3 is 0 Å². The monoisotopic (exact) mass is 312 g/mol. The summed E-state index contributed by atoms with van der Waals surface area (Å²) in [6.07, 6.45) is 0. The molecule has 0 atom stereocenters. The van der Waals surface area contributed by atoms with Crippen LogP contribution in [-0.4, -0.2) is 12.1 Å². The van der Waals surface area contributed by atoms with Crippen molar-refractivity contribution in [3.63, 3.8) is 0 Å². The first kappa shape index (κ1) is 14.7. The molecule has 0 amide bonds. The van der Waals surface area contributed by atoms with Gasteiger partial charge in [-0.2, -0.15) is 0 Å². The van der Waals surface area contributed by atoms with E-state index in [9.17, 15) is 0 Å². The van der Waals surface area contributed by atoms with Crippen LogP contribution in [-0.2, 0) is 0 Å². The highest BCUT2D eigenvalue weighted by Crippen LogP contribution is 2.30. The highest BCUT2D eigenvalue weighted by molar-refractivity contribution is 6.30. The SMILES string of the molecule is COc1ccc2c(Nc3ccc(Cl)cc3C)cc(C)nc2c1. The number of aryl methyl sites for hydroxylation is 2. The van der Waals surface area contributed by atoms with Crippen LogP contribution in [0, 0.1) is 13.8 Å². The third kappa shape index (κ3) is 2.85. The fourth-order valence-electron chi connectivity index (χ4n) is 2.48. The number of fused-ring (bicyclic) bond motifs is 1. The number of hydrogen-bond donors (Lipinski definition) is 1. The van der Waals surface area contributed by atoms with E-state index in [1.54, 1.807) is 7.11 Å². The minimum Gasteiger partial charge on any atom is -0.497 e. The fraction of sp³-hybridized carbons (Fsp3) is 0.167. The second-order valence-electron chi connectivity index (χ2n) is 5.28. The first-order valence-electron chi connectivity index (χ1n) is 7.05. The van der Waals surface area contributed by atoms with Crippen LogP contribution in [0.25, 0.3) is 10.9 Å². The Morgan fingerprint density at radius 3 is 2.55 bits per heavy atom. The summed E-state index contributed by atoms with van der Waals surface area (Å²) in [6, 6.07) is 13.8. The average Bonchev–Trinajstić information content (AvgIpc) is 2.49. The summed E-state index contributed by atoms with van der Waals surface area (Å²) in [5, 5.41) is 5.28. The van der Waals surface area contributed by atoms with Gasteiger partial charge in [0, 0.05) is 33.5 Å². The largest absolute Gasteiger partial charge is 0.497 e. The highest BCUT2D eigenvalue weighted by atomic mass is 35.5. The van der Waals surface area contributed by atoms with E-state index >= 15 is 0 Å². The van der Waals surface area contributed by atoms with Gasteiger partial charge in [0.05, 0.1) is 12.6 Å². The molecule has 22 heavy (non-hydrogen) atoms. The smallest absolute Gasteiger partial charge is 0.121 e. The second-order valence-corrected chi connectivity index (χ2v) is 5.71. The van der Waals surface area contributed by atoms with Gasteiger partial charge in [0.2, 0.25) is 0 Å². The Labute approximate surface area is 134 Å². The summed E-state index contributed by atoms with van der Waals surface area (Å²) < 4.78 is 5.28. The van der Waals surface area contributed by atoms with E-state index in [4.69, 9.17) is 16.3 Å². The van der Waals surface area contributed by atoms with E-state index in [1.807, 2.05) is 56.3 Å². The summed E-state index contributed by atoms with van der Waals surface area (Å²) in [5.74, 6) is 0.805. The van der Waals surface area contributed by atoms with Gasteiger partial charge in [-0.3, -0.25) is 4.98 Å². The number of rotatable bonds is 3. The Kier molecular flexibility index (Phi) is 3.90. The van der Waals surface area contributed by atoms with Crippen molar-refractivity contribution in [2.75, 3.05) is 12.4 Å². The van der Waals surface area contributed by atoms with E-state index < -0.39 is 0 Å². The Morgan fingerprint density at radius 2 is 1.82 bits per heavy atom. The van der Waals surface area contributed by atoms with Crippen LogP contribution in [0.5, 0.6) is 5.75 Å². The third-order valence-electron chi connectivity index (χ3n) is 3.60. The molecule has 3 rings (SSSR count). The third-order valence-corrected chi connectivity index (χ3v) is 3.84. The molecule has 0 aliphatic rings. The molecule has 0 saturated carbocycles. The number of hydrogen-bond acceptors (Lipinski definition) is 3. The molecule has 0 aliphatic heterocycles. The van der Waals surface area contributed by atoms with Crippen LogP contribution in [0.3, 0.4) is 0 Å².